The van der Waals surface area contributed by atoms with Crippen LogP contribution in [0.25, 0.3) is 0 Å². The predicted molar refractivity (Wildman–Crippen MR) is 101 cm³/mol. The Bertz CT molecular complexity index is 792. The molecule has 1 aromatic carbocycles. The van der Waals surface area contributed by atoms with Crippen LogP contribution < -0.4 is 10.2 Å². The number of thiophene rings is 1. The van der Waals surface area contributed by atoms with E-state index in [1.165, 1.54) is 6.07 Å². The molecule has 1 aliphatic heterocycles. The number of hydrogen-bond acceptors (Lipinski definition) is 6. The number of benzene rings is 1. The number of carbonyl (C=O) groups excluding carboxylic acids is 1. The summed E-state index contributed by atoms with van der Waals surface area (Å²) < 4.78 is 5.81. The van der Waals surface area contributed by atoms with Gasteiger partial charge in [0.25, 0.3) is 11.6 Å². The Labute approximate surface area is 155 Å². The number of hydrogen-bond donors (Lipinski definition) is 1. The molecular formula is C18H21N3O4S. The van der Waals surface area contributed by atoms with E-state index in [9.17, 15) is 14.9 Å². The molecule has 138 valence electrons. The molecule has 2 heterocycles. The van der Waals surface area contributed by atoms with E-state index in [2.05, 4.69) is 5.32 Å². The van der Waals surface area contributed by atoms with Crippen LogP contribution in [0.1, 0.15) is 35.2 Å². The van der Waals surface area contributed by atoms with Gasteiger partial charge in [-0.25, -0.2) is 0 Å². The molecule has 3 rings (SSSR count). The van der Waals surface area contributed by atoms with Gasteiger partial charge in [0.1, 0.15) is 11.8 Å². The van der Waals surface area contributed by atoms with Crippen molar-refractivity contribution in [1.82, 2.24) is 5.32 Å². The van der Waals surface area contributed by atoms with Gasteiger partial charge in [-0.3, -0.25) is 14.9 Å². The number of morpholine rings is 1. The topological polar surface area (TPSA) is 84.7 Å². The van der Waals surface area contributed by atoms with Crippen molar-refractivity contribution in [3.8, 4) is 0 Å². The maximum absolute atomic E-state index is 12.2. The Morgan fingerprint density at radius 3 is 2.88 bits per heavy atom. The summed E-state index contributed by atoms with van der Waals surface area (Å²) in [5.74, 6) is -0.312. The zero-order valence-corrected chi connectivity index (χ0v) is 15.5. The average Bonchev–Trinajstić information content (AvgIpc) is 3.15. The van der Waals surface area contributed by atoms with Crippen LogP contribution >= 0.6 is 11.3 Å². The predicted octanol–water partition coefficient (Wildman–Crippen LogP) is 3.37. The number of nitro groups is 1. The maximum atomic E-state index is 12.2. The van der Waals surface area contributed by atoms with Crippen LogP contribution in [0.2, 0.25) is 0 Å². The van der Waals surface area contributed by atoms with Crippen LogP contribution in [-0.4, -0.2) is 36.6 Å². The second-order valence-electron chi connectivity index (χ2n) is 6.41. The van der Waals surface area contributed by atoms with E-state index in [-0.39, 0.29) is 29.3 Å². The van der Waals surface area contributed by atoms with E-state index in [0.717, 1.165) is 4.88 Å². The Balaban J connectivity index is 1.86. The number of carbonyl (C=O) groups is 1. The molecule has 1 unspecified atom stereocenters. The fraction of sp³-hybridized carbons (Fsp3) is 0.389. The molecule has 26 heavy (non-hydrogen) atoms. The smallest absolute Gasteiger partial charge is 0.293 e. The fourth-order valence-electron chi connectivity index (χ4n) is 2.94. The van der Waals surface area contributed by atoms with Gasteiger partial charge in [-0.2, -0.15) is 0 Å². The van der Waals surface area contributed by atoms with Gasteiger partial charge in [0.2, 0.25) is 0 Å². The highest BCUT2D eigenvalue weighted by atomic mass is 32.1. The molecule has 0 saturated carbocycles. The monoisotopic (exact) mass is 375 g/mol. The van der Waals surface area contributed by atoms with Crippen molar-refractivity contribution in [1.29, 1.82) is 0 Å². The lowest BCUT2D eigenvalue weighted by Crippen LogP contribution is -2.38. The number of nitrogens with zero attached hydrogens (tertiary/aromatic N) is 2. The van der Waals surface area contributed by atoms with E-state index in [1.54, 1.807) is 23.5 Å². The molecule has 0 radical (unpaired) electrons. The molecule has 8 heteroatoms. The van der Waals surface area contributed by atoms with Gasteiger partial charge >= 0.3 is 0 Å². The van der Waals surface area contributed by atoms with Gasteiger partial charge < -0.3 is 15.0 Å². The summed E-state index contributed by atoms with van der Waals surface area (Å²) in [5.41, 5.74) is 0.742. The molecule has 2 aromatic rings. The molecule has 1 saturated heterocycles. The van der Waals surface area contributed by atoms with Crippen molar-refractivity contribution >= 4 is 28.6 Å². The Kier molecular flexibility index (Phi) is 5.53. The Morgan fingerprint density at radius 1 is 1.42 bits per heavy atom. The van der Waals surface area contributed by atoms with E-state index < -0.39 is 4.92 Å². The van der Waals surface area contributed by atoms with E-state index >= 15 is 0 Å². The lowest BCUT2D eigenvalue weighted by molar-refractivity contribution is -0.384. The lowest BCUT2D eigenvalue weighted by atomic mass is 10.1. The zero-order valence-electron chi connectivity index (χ0n) is 14.7. The SMILES string of the molecule is CC(C)NC(=O)c1ccc(N2CCOC(c3cccs3)C2)c([N+](=O)[O-])c1. The van der Waals surface area contributed by atoms with Crippen LogP contribution in [0.15, 0.2) is 35.7 Å². The highest BCUT2D eigenvalue weighted by molar-refractivity contribution is 7.10. The largest absolute Gasteiger partial charge is 0.369 e. The van der Waals surface area contributed by atoms with E-state index in [1.807, 2.05) is 36.3 Å². The quantitative estimate of drug-likeness (QED) is 0.640. The first-order valence-corrected chi connectivity index (χ1v) is 9.33. The van der Waals surface area contributed by atoms with Crippen molar-refractivity contribution in [2.45, 2.75) is 26.0 Å². The van der Waals surface area contributed by atoms with Crippen LogP contribution in [0.3, 0.4) is 0 Å². The van der Waals surface area contributed by atoms with Crippen molar-refractivity contribution in [2.24, 2.45) is 0 Å². The lowest BCUT2D eigenvalue weighted by Gasteiger charge is -2.33. The highest BCUT2D eigenvalue weighted by Gasteiger charge is 2.28. The fourth-order valence-corrected chi connectivity index (χ4v) is 3.70. The van der Waals surface area contributed by atoms with Crippen molar-refractivity contribution in [3.05, 3.63) is 56.3 Å². The first-order chi connectivity index (χ1) is 12.5. The number of anilines is 1. The molecular weight excluding hydrogens is 354 g/mol. The Hall–Kier alpha value is -2.45. The molecule has 1 amide bonds. The van der Waals surface area contributed by atoms with Crippen LogP contribution in [0, 0.1) is 10.1 Å². The summed E-state index contributed by atoms with van der Waals surface area (Å²) in [5, 5.41) is 16.3. The molecule has 0 bridgehead atoms. The minimum absolute atomic E-state index is 0.0352. The average molecular weight is 375 g/mol. The second-order valence-corrected chi connectivity index (χ2v) is 7.39. The third-order valence-corrected chi connectivity index (χ3v) is 5.09. The number of nitro benzene ring substituents is 1. The minimum Gasteiger partial charge on any atom is -0.369 e. The highest BCUT2D eigenvalue weighted by Crippen LogP contribution is 2.34. The first-order valence-electron chi connectivity index (χ1n) is 8.45. The van der Waals surface area contributed by atoms with Gasteiger partial charge in [-0.1, -0.05) is 6.07 Å². The number of nitrogens with one attached hydrogen (secondary N) is 1. The normalized spacial score (nSPS) is 17.3. The molecule has 1 aliphatic rings. The van der Waals surface area contributed by atoms with Gasteiger partial charge in [0.15, 0.2) is 0 Å². The summed E-state index contributed by atoms with van der Waals surface area (Å²) in [6.45, 7) is 5.30. The summed E-state index contributed by atoms with van der Waals surface area (Å²) >= 11 is 1.61. The summed E-state index contributed by atoms with van der Waals surface area (Å²) in [6.07, 6.45) is -0.104. The van der Waals surface area contributed by atoms with E-state index in [0.29, 0.717) is 25.4 Å². The maximum Gasteiger partial charge on any atom is 0.293 e. The van der Waals surface area contributed by atoms with Gasteiger partial charge in [-0.15, -0.1) is 11.3 Å². The molecule has 1 fully saturated rings. The summed E-state index contributed by atoms with van der Waals surface area (Å²) in [7, 11) is 0. The van der Waals surface area contributed by atoms with Crippen LogP contribution in [0.5, 0.6) is 0 Å². The first kappa shape index (κ1) is 18.3. The van der Waals surface area contributed by atoms with E-state index in [4.69, 9.17) is 4.74 Å². The summed E-state index contributed by atoms with van der Waals surface area (Å²) in [4.78, 5) is 26.4. The Morgan fingerprint density at radius 2 is 2.23 bits per heavy atom. The molecule has 1 N–H and O–H groups in total. The number of ether oxygens (including phenoxy) is 1. The number of amides is 1. The molecule has 1 aromatic heterocycles. The van der Waals surface area contributed by atoms with Crippen molar-refractivity contribution in [3.63, 3.8) is 0 Å². The molecule has 7 nitrogen and oxygen atoms in total. The standard InChI is InChI=1S/C18H21N3O4S/c1-12(2)19-18(22)13-5-6-14(15(10-13)21(23)24)20-7-8-25-16(11-20)17-4-3-9-26-17/h3-6,9-10,12,16H,7-8,11H2,1-2H3,(H,19,22). The second kappa shape index (κ2) is 7.84. The molecule has 0 spiro atoms. The van der Waals surface area contributed by atoms with Gasteiger partial charge in [0, 0.05) is 35.6 Å². The third-order valence-electron chi connectivity index (χ3n) is 4.12. The van der Waals surface area contributed by atoms with Crippen molar-refractivity contribution < 1.29 is 14.5 Å². The minimum atomic E-state index is -0.433. The van der Waals surface area contributed by atoms with Gasteiger partial charge in [-0.05, 0) is 37.4 Å². The van der Waals surface area contributed by atoms with Crippen LogP contribution in [-0.2, 0) is 4.74 Å². The van der Waals surface area contributed by atoms with Crippen molar-refractivity contribution in [2.75, 3.05) is 24.6 Å². The molecule has 1 atom stereocenters. The van der Waals surface area contributed by atoms with Crippen LogP contribution in [0.4, 0.5) is 11.4 Å². The third kappa shape index (κ3) is 4.03. The van der Waals surface area contributed by atoms with Gasteiger partial charge in [0.05, 0.1) is 11.5 Å². The zero-order chi connectivity index (χ0) is 18.7. The summed E-state index contributed by atoms with van der Waals surface area (Å²) in [6, 6.07) is 8.58. The molecule has 0 aliphatic carbocycles. The number of rotatable bonds is 5.